The third kappa shape index (κ3) is 4.05. The first-order chi connectivity index (χ1) is 9.35. The van der Waals surface area contributed by atoms with Gasteiger partial charge in [0, 0.05) is 18.9 Å². The second kappa shape index (κ2) is 7.65. The van der Waals surface area contributed by atoms with E-state index in [0.717, 1.165) is 31.1 Å². The molecule has 1 aromatic rings. The number of aromatic nitrogens is 2. The lowest BCUT2D eigenvalue weighted by molar-refractivity contribution is 0.310. The zero-order valence-electron chi connectivity index (χ0n) is 12.1. The van der Waals surface area contributed by atoms with Crippen LogP contribution in [0, 0.1) is 5.92 Å². The van der Waals surface area contributed by atoms with Crippen molar-refractivity contribution in [3.05, 3.63) is 18.2 Å². The fourth-order valence-electron chi connectivity index (χ4n) is 3.23. The van der Waals surface area contributed by atoms with Gasteiger partial charge in [-0.1, -0.05) is 39.0 Å². The molecule has 1 atom stereocenters. The van der Waals surface area contributed by atoms with E-state index >= 15 is 0 Å². The first kappa shape index (κ1) is 14.5. The predicted molar refractivity (Wildman–Crippen MR) is 78.4 cm³/mol. The smallest absolute Gasteiger partial charge is 0.127 e. The summed E-state index contributed by atoms with van der Waals surface area (Å²) in [4.78, 5) is 4.49. The van der Waals surface area contributed by atoms with Gasteiger partial charge in [-0.05, 0) is 25.2 Å². The van der Waals surface area contributed by atoms with E-state index in [1.54, 1.807) is 0 Å². The highest BCUT2D eigenvalue weighted by molar-refractivity contribution is 4.99. The number of hydrogen-bond donors (Lipinski definition) is 2. The van der Waals surface area contributed by atoms with Crippen molar-refractivity contribution in [2.24, 2.45) is 11.8 Å². The average Bonchev–Trinajstić information content (AvgIpc) is 2.90. The highest BCUT2D eigenvalue weighted by Gasteiger charge is 2.19. The molecule has 1 aliphatic rings. The maximum Gasteiger partial charge on any atom is 0.127 e. The fraction of sp³-hybridized carbons (Fsp3) is 0.800. The van der Waals surface area contributed by atoms with E-state index in [0.29, 0.717) is 0 Å². The van der Waals surface area contributed by atoms with Gasteiger partial charge in [-0.3, -0.25) is 5.84 Å². The third-order valence-electron chi connectivity index (χ3n) is 4.31. The molecular weight excluding hydrogens is 236 g/mol. The molecule has 1 saturated carbocycles. The molecule has 4 heteroatoms. The molecule has 19 heavy (non-hydrogen) atoms. The Labute approximate surface area is 116 Å². The van der Waals surface area contributed by atoms with Gasteiger partial charge in [-0.15, -0.1) is 0 Å². The molecule has 2 rings (SSSR count). The first-order valence-electron chi connectivity index (χ1n) is 7.82. The molecule has 0 spiro atoms. The molecule has 1 heterocycles. The van der Waals surface area contributed by atoms with Crippen LogP contribution in [0.1, 0.15) is 70.2 Å². The molecule has 0 aromatic carbocycles. The highest BCUT2D eigenvalue weighted by Crippen LogP contribution is 2.29. The molecule has 0 aliphatic heterocycles. The van der Waals surface area contributed by atoms with Crippen molar-refractivity contribution >= 4 is 0 Å². The lowest BCUT2D eigenvalue weighted by Crippen LogP contribution is -2.31. The van der Waals surface area contributed by atoms with Gasteiger partial charge < -0.3 is 4.57 Å². The summed E-state index contributed by atoms with van der Waals surface area (Å²) in [7, 11) is 0. The minimum Gasteiger partial charge on any atom is -0.334 e. The van der Waals surface area contributed by atoms with Crippen molar-refractivity contribution in [3.63, 3.8) is 0 Å². The number of nitrogens with one attached hydrogen (secondary N) is 1. The third-order valence-corrected chi connectivity index (χ3v) is 4.31. The van der Waals surface area contributed by atoms with Gasteiger partial charge in [-0.2, -0.15) is 0 Å². The van der Waals surface area contributed by atoms with Crippen molar-refractivity contribution in [2.45, 2.75) is 70.9 Å². The van der Waals surface area contributed by atoms with Crippen molar-refractivity contribution < 1.29 is 0 Å². The van der Waals surface area contributed by atoms with Crippen LogP contribution in [0.2, 0.25) is 0 Å². The van der Waals surface area contributed by atoms with Crippen molar-refractivity contribution in [1.29, 1.82) is 0 Å². The maximum absolute atomic E-state index is 5.74. The van der Waals surface area contributed by atoms with Crippen molar-refractivity contribution in [2.75, 3.05) is 0 Å². The lowest BCUT2D eigenvalue weighted by Gasteiger charge is -2.24. The number of aryl methyl sites for hydroxylation is 1. The van der Waals surface area contributed by atoms with Crippen LogP contribution < -0.4 is 11.3 Å². The molecule has 0 amide bonds. The fourth-order valence-corrected chi connectivity index (χ4v) is 3.23. The van der Waals surface area contributed by atoms with E-state index in [-0.39, 0.29) is 6.04 Å². The monoisotopic (exact) mass is 264 g/mol. The molecule has 0 radical (unpaired) electrons. The molecule has 1 unspecified atom stereocenters. The Balaban J connectivity index is 1.89. The van der Waals surface area contributed by atoms with E-state index in [1.165, 1.54) is 38.5 Å². The zero-order chi connectivity index (χ0) is 13.5. The average molecular weight is 264 g/mol. The van der Waals surface area contributed by atoms with Crippen LogP contribution in [0.25, 0.3) is 0 Å². The van der Waals surface area contributed by atoms with Crippen molar-refractivity contribution in [3.8, 4) is 0 Å². The van der Waals surface area contributed by atoms with Gasteiger partial charge in [0.05, 0.1) is 6.04 Å². The van der Waals surface area contributed by atoms with E-state index in [4.69, 9.17) is 5.84 Å². The normalized spacial score (nSPS) is 18.6. The first-order valence-corrected chi connectivity index (χ1v) is 7.82. The van der Waals surface area contributed by atoms with Gasteiger partial charge in [0.15, 0.2) is 0 Å². The summed E-state index contributed by atoms with van der Waals surface area (Å²) in [6, 6.07) is 0.198. The largest absolute Gasteiger partial charge is 0.334 e. The molecule has 1 aromatic heterocycles. The minimum absolute atomic E-state index is 0.198. The maximum atomic E-state index is 5.74. The summed E-state index contributed by atoms with van der Waals surface area (Å²) in [5.74, 6) is 7.74. The van der Waals surface area contributed by atoms with E-state index in [9.17, 15) is 0 Å². The van der Waals surface area contributed by atoms with Crippen LogP contribution in [0.3, 0.4) is 0 Å². The van der Waals surface area contributed by atoms with Gasteiger partial charge in [0.25, 0.3) is 0 Å². The van der Waals surface area contributed by atoms with Crippen molar-refractivity contribution in [1.82, 2.24) is 15.0 Å². The number of rotatable bonds is 7. The van der Waals surface area contributed by atoms with Gasteiger partial charge in [-0.25, -0.2) is 10.4 Å². The Morgan fingerprint density at radius 1 is 1.42 bits per heavy atom. The molecule has 1 aliphatic carbocycles. The van der Waals surface area contributed by atoms with Crippen LogP contribution in [-0.4, -0.2) is 9.55 Å². The topological polar surface area (TPSA) is 55.9 Å². The lowest BCUT2D eigenvalue weighted by atomic mass is 9.85. The highest BCUT2D eigenvalue weighted by atomic mass is 15.3. The van der Waals surface area contributed by atoms with Gasteiger partial charge in [0.1, 0.15) is 5.82 Å². The predicted octanol–water partition coefficient (Wildman–Crippen LogP) is 3.16. The van der Waals surface area contributed by atoms with Crippen LogP contribution in [0.4, 0.5) is 0 Å². The minimum atomic E-state index is 0.198. The van der Waals surface area contributed by atoms with Gasteiger partial charge in [0.2, 0.25) is 0 Å². The van der Waals surface area contributed by atoms with Crippen LogP contribution in [0.15, 0.2) is 12.4 Å². The number of nitrogens with two attached hydrogens (primary N) is 1. The molecule has 3 N–H and O–H groups in total. The zero-order valence-corrected chi connectivity index (χ0v) is 12.1. The Morgan fingerprint density at radius 2 is 2.21 bits per heavy atom. The standard InChI is InChI=1S/C15H28N4/c1-2-11-19-12-10-17-15(19)14(18-16)9-8-13-6-4-3-5-7-13/h10,12-14,18H,2-9,11,16H2,1H3. The molecule has 108 valence electrons. The Hall–Kier alpha value is -0.870. The summed E-state index contributed by atoms with van der Waals surface area (Å²) < 4.78 is 2.23. The SMILES string of the molecule is CCCn1ccnc1C(CCC1CCCCC1)NN. The molecule has 0 saturated heterocycles. The van der Waals surface area contributed by atoms with E-state index in [2.05, 4.69) is 28.1 Å². The number of hydrogen-bond acceptors (Lipinski definition) is 3. The summed E-state index contributed by atoms with van der Waals surface area (Å²) in [5, 5.41) is 0. The number of hydrazine groups is 1. The number of nitrogens with zero attached hydrogens (tertiary/aromatic N) is 2. The quantitative estimate of drug-likeness (QED) is 0.587. The molecule has 1 fully saturated rings. The van der Waals surface area contributed by atoms with E-state index < -0.39 is 0 Å². The summed E-state index contributed by atoms with van der Waals surface area (Å²) >= 11 is 0. The summed E-state index contributed by atoms with van der Waals surface area (Å²) in [5.41, 5.74) is 2.96. The molecule has 4 nitrogen and oxygen atoms in total. The molecular formula is C15H28N4. The number of imidazole rings is 1. The summed E-state index contributed by atoms with van der Waals surface area (Å²) in [6.45, 7) is 3.22. The second-order valence-corrected chi connectivity index (χ2v) is 5.78. The Morgan fingerprint density at radius 3 is 2.89 bits per heavy atom. The summed E-state index contributed by atoms with van der Waals surface area (Å²) in [6.07, 6.45) is 14.5. The second-order valence-electron chi connectivity index (χ2n) is 5.78. The molecule has 0 bridgehead atoms. The Kier molecular flexibility index (Phi) is 5.86. The van der Waals surface area contributed by atoms with Crippen LogP contribution in [-0.2, 0) is 6.54 Å². The van der Waals surface area contributed by atoms with Crippen LogP contribution >= 0.6 is 0 Å². The van der Waals surface area contributed by atoms with Gasteiger partial charge >= 0.3 is 0 Å². The van der Waals surface area contributed by atoms with E-state index in [1.807, 2.05) is 6.20 Å². The van der Waals surface area contributed by atoms with Crippen LogP contribution in [0.5, 0.6) is 0 Å². The Bertz CT molecular complexity index is 355.